The topological polar surface area (TPSA) is 3.24 Å². The number of fused-ring (bicyclic) bond motifs is 1. The second-order valence-electron chi connectivity index (χ2n) is 3.60. The molecule has 0 aliphatic heterocycles. The molecule has 3 heteroatoms. The minimum Gasteiger partial charge on any atom is -0.304 e. The van der Waals surface area contributed by atoms with E-state index in [1.807, 2.05) is 11.3 Å². The van der Waals surface area contributed by atoms with Gasteiger partial charge in [-0.2, -0.15) is 0 Å². The van der Waals surface area contributed by atoms with Gasteiger partial charge in [-0.1, -0.05) is 22.0 Å². The van der Waals surface area contributed by atoms with Crippen LogP contribution in [0.4, 0.5) is 0 Å². The highest BCUT2D eigenvalue weighted by Crippen LogP contribution is 2.31. The van der Waals surface area contributed by atoms with Crippen molar-refractivity contribution >= 4 is 37.4 Å². The van der Waals surface area contributed by atoms with E-state index in [2.05, 4.69) is 59.2 Å². The molecule has 0 aliphatic rings. The molecular weight excluding hydrogens is 258 g/mol. The molecule has 0 bridgehead atoms. The van der Waals surface area contributed by atoms with Gasteiger partial charge in [0.2, 0.25) is 0 Å². The lowest BCUT2D eigenvalue weighted by atomic mass is 10.2. The highest BCUT2D eigenvalue weighted by atomic mass is 79.9. The summed E-state index contributed by atoms with van der Waals surface area (Å²) in [5.74, 6) is 0. The van der Waals surface area contributed by atoms with Crippen molar-refractivity contribution in [2.24, 2.45) is 0 Å². The van der Waals surface area contributed by atoms with Gasteiger partial charge in [0.15, 0.2) is 0 Å². The summed E-state index contributed by atoms with van der Waals surface area (Å²) in [6.45, 7) is 1.02. The molecule has 0 N–H and O–H groups in total. The molecule has 1 heterocycles. The zero-order valence-electron chi connectivity index (χ0n) is 8.25. The van der Waals surface area contributed by atoms with Crippen LogP contribution < -0.4 is 0 Å². The SMILES string of the molecule is CN(C)Cc1cc2c(Br)cccc2s1. The molecule has 2 rings (SSSR count). The normalized spacial score (nSPS) is 11.4. The van der Waals surface area contributed by atoms with Crippen molar-refractivity contribution in [2.45, 2.75) is 6.54 Å². The third kappa shape index (κ3) is 2.00. The van der Waals surface area contributed by atoms with E-state index in [1.165, 1.54) is 19.4 Å². The van der Waals surface area contributed by atoms with Gasteiger partial charge in [0, 0.05) is 26.0 Å². The van der Waals surface area contributed by atoms with E-state index < -0.39 is 0 Å². The lowest BCUT2D eigenvalue weighted by Crippen LogP contribution is -2.09. The maximum Gasteiger partial charge on any atom is 0.0357 e. The van der Waals surface area contributed by atoms with Crippen molar-refractivity contribution in [1.82, 2.24) is 4.90 Å². The van der Waals surface area contributed by atoms with Gasteiger partial charge in [0.05, 0.1) is 0 Å². The summed E-state index contributed by atoms with van der Waals surface area (Å²) in [6, 6.07) is 8.62. The summed E-state index contributed by atoms with van der Waals surface area (Å²) in [7, 11) is 4.19. The Morgan fingerprint density at radius 3 is 2.79 bits per heavy atom. The van der Waals surface area contributed by atoms with Gasteiger partial charge in [-0.05, 0) is 32.3 Å². The van der Waals surface area contributed by atoms with Crippen LogP contribution in [0.2, 0.25) is 0 Å². The molecule has 1 aromatic carbocycles. The molecule has 0 amide bonds. The fourth-order valence-corrected chi connectivity index (χ4v) is 3.29. The molecule has 0 radical (unpaired) electrons. The molecule has 0 fully saturated rings. The van der Waals surface area contributed by atoms with Crippen molar-refractivity contribution in [1.29, 1.82) is 0 Å². The van der Waals surface area contributed by atoms with E-state index in [4.69, 9.17) is 0 Å². The molecule has 0 spiro atoms. The zero-order chi connectivity index (χ0) is 10.1. The third-order valence-electron chi connectivity index (χ3n) is 2.03. The summed E-state index contributed by atoms with van der Waals surface area (Å²) >= 11 is 5.44. The Labute approximate surface area is 96.5 Å². The predicted octanol–water partition coefficient (Wildman–Crippen LogP) is 3.73. The zero-order valence-corrected chi connectivity index (χ0v) is 10.7. The number of benzene rings is 1. The van der Waals surface area contributed by atoms with Crippen LogP contribution in [-0.2, 0) is 6.54 Å². The van der Waals surface area contributed by atoms with Crippen molar-refractivity contribution in [3.63, 3.8) is 0 Å². The molecule has 0 saturated carbocycles. The second-order valence-corrected chi connectivity index (χ2v) is 5.62. The van der Waals surface area contributed by atoms with Gasteiger partial charge in [-0.3, -0.25) is 0 Å². The van der Waals surface area contributed by atoms with E-state index in [9.17, 15) is 0 Å². The summed E-state index contributed by atoms with van der Waals surface area (Å²) in [6.07, 6.45) is 0. The molecule has 2 aromatic rings. The fourth-order valence-electron chi connectivity index (χ4n) is 1.47. The Morgan fingerprint density at radius 1 is 1.36 bits per heavy atom. The minimum atomic E-state index is 1.02. The van der Waals surface area contributed by atoms with Crippen LogP contribution in [0.5, 0.6) is 0 Å². The Bertz CT molecular complexity index is 447. The Balaban J connectivity index is 2.46. The van der Waals surface area contributed by atoms with E-state index in [0.717, 1.165) is 6.54 Å². The van der Waals surface area contributed by atoms with E-state index >= 15 is 0 Å². The van der Waals surface area contributed by atoms with E-state index in [0.29, 0.717) is 0 Å². The first-order valence-electron chi connectivity index (χ1n) is 4.48. The average Bonchev–Trinajstić information content (AvgIpc) is 2.47. The van der Waals surface area contributed by atoms with Crippen LogP contribution in [0.1, 0.15) is 4.88 Å². The van der Waals surface area contributed by atoms with Crippen molar-refractivity contribution in [3.05, 3.63) is 33.6 Å². The standard InChI is InChI=1S/C11H12BrNS/c1-13(2)7-8-6-9-10(12)4-3-5-11(9)14-8/h3-6H,7H2,1-2H3. The number of halogens is 1. The lowest BCUT2D eigenvalue weighted by molar-refractivity contribution is 0.406. The monoisotopic (exact) mass is 269 g/mol. The minimum absolute atomic E-state index is 1.02. The van der Waals surface area contributed by atoms with Gasteiger partial charge in [0.25, 0.3) is 0 Å². The van der Waals surface area contributed by atoms with Gasteiger partial charge >= 0.3 is 0 Å². The molecule has 0 unspecified atom stereocenters. The van der Waals surface area contributed by atoms with E-state index in [1.54, 1.807) is 0 Å². The highest BCUT2D eigenvalue weighted by molar-refractivity contribution is 9.10. The summed E-state index contributed by atoms with van der Waals surface area (Å²) in [4.78, 5) is 3.61. The Morgan fingerprint density at radius 2 is 2.14 bits per heavy atom. The average molecular weight is 270 g/mol. The molecular formula is C11H12BrNS. The molecule has 1 aromatic heterocycles. The number of hydrogen-bond acceptors (Lipinski definition) is 2. The quantitative estimate of drug-likeness (QED) is 0.803. The van der Waals surface area contributed by atoms with E-state index in [-0.39, 0.29) is 0 Å². The smallest absolute Gasteiger partial charge is 0.0357 e. The maximum atomic E-state index is 3.57. The molecule has 0 atom stereocenters. The van der Waals surface area contributed by atoms with Gasteiger partial charge in [0.1, 0.15) is 0 Å². The molecule has 74 valence electrons. The van der Waals surface area contributed by atoms with Gasteiger partial charge in [-0.15, -0.1) is 11.3 Å². The van der Waals surface area contributed by atoms with Crippen LogP contribution in [-0.4, -0.2) is 19.0 Å². The molecule has 1 nitrogen and oxygen atoms in total. The van der Waals surface area contributed by atoms with Crippen LogP contribution >= 0.6 is 27.3 Å². The Hall–Kier alpha value is -0.380. The Kier molecular flexibility index (Phi) is 2.91. The molecule has 14 heavy (non-hydrogen) atoms. The number of nitrogens with zero attached hydrogens (tertiary/aromatic N) is 1. The van der Waals surface area contributed by atoms with Gasteiger partial charge in [-0.25, -0.2) is 0 Å². The van der Waals surface area contributed by atoms with Crippen LogP contribution in [0.3, 0.4) is 0 Å². The fraction of sp³-hybridized carbons (Fsp3) is 0.273. The second kappa shape index (κ2) is 4.01. The number of rotatable bonds is 2. The first-order chi connectivity index (χ1) is 6.66. The lowest BCUT2D eigenvalue weighted by Gasteiger charge is -2.05. The third-order valence-corrected chi connectivity index (χ3v) is 3.81. The molecule has 0 aliphatic carbocycles. The largest absolute Gasteiger partial charge is 0.304 e. The molecule has 0 saturated heterocycles. The number of thiophene rings is 1. The first kappa shape index (κ1) is 10.1. The van der Waals surface area contributed by atoms with Crippen LogP contribution in [0.15, 0.2) is 28.7 Å². The van der Waals surface area contributed by atoms with Crippen molar-refractivity contribution in [3.8, 4) is 0 Å². The van der Waals surface area contributed by atoms with Crippen molar-refractivity contribution in [2.75, 3.05) is 14.1 Å². The van der Waals surface area contributed by atoms with Crippen LogP contribution in [0, 0.1) is 0 Å². The maximum absolute atomic E-state index is 3.57. The summed E-state index contributed by atoms with van der Waals surface area (Å²) in [5, 5.41) is 1.33. The highest BCUT2D eigenvalue weighted by Gasteiger charge is 2.04. The summed E-state index contributed by atoms with van der Waals surface area (Å²) in [5.41, 5.74) is 0. The predicted molar refractivity (Wildman–Crippen MR) is 66.9 cm³/mol. The number of hydrogen-bond donors (Lipinski definition) is 0. The van der Waals surface area contributed by atoms with Gasteiger partial charge < -0.3 is 4.90 Å². The first-order valence-corrected chi connectivity index (χ1v) is 6.09. The summed E-state index contributed by atoms with van der Waals surface area (Å²) < 4.78 is 2.55. The van der Waals surface area contributed by atoms with Crippen molar-refractivity contribution < 1.29 is 0 Å². The van der Waals surface area contributed by atoms with Crippen LogP contribution in [0.25, 0.3) is 10.1 Å².